The summed E-state index contributed by atoms with van der Waals surface area (Å²) in [7, 11) is -0.0441. The van der Waals surface area contributed by atoms with E-state index in [-0.39, 0.29) is 17.5 Å². The first-order valence-corrected chi connectivity index (χ1v) is 8.15. The summed E-state index contributed by atoms with van der Waals surface area (Å²) in [5.41, 5.74) is 0.607. The van der Waals surface area contributed by atoms with Crippen molar-refractivity contribution in [2.45, 2.75) is 49.6 Å². The van der Waals surface area contributed by atoms with Crippen LogP contribution in [0.4, 0.5) is 0 Å². The molecule has 5 nitrogen and oxygen atoms in total. The Hall–Kier alpha value is -0.850. The number of rotatable bonds is 4. The van der Waals surface area contributed by atoms with Gasteiger partial charge in [-0.2, -0.15) is 4.31 Å². The van der Waals surface area contributed by atoms with Gasteiger partial charge in [0.25, 0.3) is 0 Å². The van der Waals surface area contributed by atoms with E-state index in [1.807, 2.05) is 0 Å². The molecular formula is C13H22N2O3S. The highest BCUT2D eigenvalue weighted by Crippen LogP contribution is 2.27. The largest absolute Gasteiger partial charge is 0.390 e. The molecule has 0 aliphatic heterocycles. The van der Waals surface area contributed by atoms with Crippen LogP contribution in [0.2, 0.25) is 0 Å². The number of aliphatic hydroxyl groups is 1. The van der Waals surface area contributed by atoms with Gasteiger partial charge >= 0.3 is 0 Å². The molecule has 19 heavy (non-hydrogen) atoms. The second kappa shape index (κ2) is 5.64. The van der Waals surface area contributed by atoms with Crippen LogP contribution in [0.15, 0.2) is 17.2 Å². The fourth-order valence-corrected chi connectivity index (χ4v) is 4.19. The van der Waals surface area contributed by atoms with Gasteiger partial charge < -0.3 is 9.67 Å². The van der Waals surface area contributed by atoms with Crippen LogP contribution in [0.1, 0.15) is 37.8 Å². The second-order valence-corrected chi connectivity index (χ2v) is 7.25. The van der Waals surface area contributed by atoms with Crippen LogP contribution in [-0.2, 0) is 23.7 Å². The zero-order chi connectivity index (χ0) is 14.0. The van der Waals surface area contributed by atoms with Crippen LogP contribution in [0.25, 0.3) is 0 Å². The van der Waals surface area contributed by atoms with Gasteiger partial charge in [0.15, 0.2) is 0 Å². The van der Waals surface area contributed by atoms with Gasteiger partial charge in [-0.05, 0) is 18.9 Å². The lowest BCUT2D eigenvalue weighted by Crippen LogP contribution is -2.38. The van der Waals surface area contributed by atoms with Crippen molar-refractivity contribution in [2.75, 3.05) is 7.05 Å². The molecule has 1 aliphatic carbocycles. The third kappa shape index (κ3) is 2.85. The highest BCUT2D eigenvalue weighted by molar-refractivity contribution is 7.89. The number of aromatic nitrogens is 1. The summed E-state index contributed by atoms with van der Waals surface area (Å²) in [6.07, 6.45) is 6.85. The Kier molecular flexibility index (Phi) is 4.32. The highest BCUT2D eigenvalue weighted by atomic mass is 32.2. The Morgan fingerprint density at radius 2 is 2.00 bits per heavy atom. The fraction of sp³-hybridized carbons (Fsp3) is 0.692. The van der Waals surface area contributed by atoms with E-state index in [4.69, 9.17) is 5.11 Å². The highest BCUT2D eigenvalue weighted by Gasteiger charge is 2.30. The molecule has 0 bridgehead atoms. The van der Waals surface area contributed by atoms with Crippen molar-refractivity contribution in [3.63, 3.8) is 0 Å². The third-order valence-corrected chi connectivity index (χ3v) is 5.89. The van der Waals surface area contributed by atoms with Gasteiger partial charge in [-0.3, -0.25) is 0 Å². The molecule has 1 aromatic rings. The number of aryl methyl sites for hydroxylation is 1. The van der Waals surface area contributed by atoms with Crippen molar-refractivity contribution in [1.29, 1.82) is 0 Å². The molecule has 1 heterocycles. The molecule has 2 rings (SSSR count). The van der Waals surface area contributed by atoms with E-state index in [0.29, 0.717) is 5.69 Å². The minimum Gasteiger partial charge on any atom is -0.390 e. The van der Waals surface area contributed by atoms with Gasteiger partial charge in [0.2, 0.25) is 10.0 Å². The average Bonchev–Trinajstić information content (AvgIpc) is 2.81. The maximum absolute atomic E-state index is 12.5. The van der Waals surface area contributed by atoms with Crippen LogP contribution < -0.4 is 0 Å². The van der Waals surface area contributed by atoms with Gasteiger partial charge in [0.1, 0.15) is 4.90 Å². The van der Waals surface area contributed by atoms with Crippen molar-refractivity contribution >= 4 is 10.0 Å². The van der Waals surface area contributed by atoms with Crippen molar-refractivity contribution in [3.8, 4) is 0 Å². The summed E-state index contributed by atoms with van der Waals surface area (Å²) >= 11 is 0. The molecule has 0 atom stereocenters. The molecule has 6 heteroatoms. The summed E-state index contributed by atoms with van der Waals surface area (Å²) in [6.45, 7) is -0.154. The van der Waals surface area contributed by atoms with Crippen molar-refractivity contribution in [1.82, 2.24) is 8.87 Å². The first-order valence-electron chi connectivity index (χ1n) is 6.71. The fourth-order valence-electron chi connectivity index (χ4n) is 2.68. The average molecular weight is 286 g/mol. The zero-order valence-corrected chi connectivity index (χ0v) is 12.4. The van der Waals surface area contributed by atoms with Gasteiger partial charge in [-0.25, -0.2) is 8.42 Å². The monoisotopic (exact) mass is 286 g/mol. The number of nitrogens with zero attached hydrogens (tertiary/aromatic N) is 2. The van der Waals surface area contributed by atoms with Crippen molar-refractivity contribution < 1.29 is 13.5 Å². The van der Waals surface area contributed by atoms with Crippen LogP contribution in [-0.4, -0.2) is 35.5 Å². The quantitative estimate of drug-likeness (QED) is 0.911. The maximum Gasteiger partial charge on any atom is 0.244 e. The first-order chi connectivity index (χ1) is 8.96. The van der Waals surface area contributed by atoms with E-state index in [9.17, 15) is 8.42 Å². The molecule has 0 aromatic carbocycles. The molecule has 0 unspecified atom stereocenters. The second-order valence-electron chi connectivity index (χ2n) is 5.25. The molecule has 1 aliphatic rings. The maximum atomic E-state index is 12.5. The minimum atomic E-state index is -3.45. The minimum absolute atomic E-state index is 0.108. The molecule has 0 spiro atoms. The molecular weight excluding hydrogens is 264 g/mol. The predicted octanol–water partition coefficient (Wildman–Crippen LogP) is 1.47. The Labute approximate surface area is 114 Å². The molecule has 0 saturated heterocycles. The van der Waals surface area contributed by atoms with Crippen LogP contribution in [0.5, 0.6) is 0 Å². The SMILES string of the molecule is CN(C1CCCCC1)S(=O)(=O)c1cc(CO)n(C)c1. The van der Waals surface area contributed by atoms with E-state index in [2.05, 4.69) is 0 Å². The zero-order valence-electron chi connectivity index (χ0n) is 11.5. The summed E-state index contributed by atoms with van der Waals surface area (Å²) in [4.78, 5) is 0.270. The molecule has 0 amide bonds. The molecule has 1 fully saturated rings. The molecule has 1 saturated carbocycles. The third-order valence-electron chi connectivity index (χ3n) is 4.01. The number of aliphatic hydroxyl groups excluding tert-OH is 1. The van der Waals surface area contributed by atoms with Crippen molar-refractivity contribution in [2.24, 2.45) is 7.05 Å². The summed E-state index contributed by atoms with van der Waals surface area (Å²) in [5.74, 6) is 0. The van der Waals surface area contributed by atoms with Crippen LogP contribution in [0, 0.1) is 0 Å². The normalized spacial score (nSPS) is 18.1. The van der Waals surface area contributed by atoms with E-state index in [1.165, 1.54) is 10.7 Å². The van der Waals surface area contributed by atoms with E-state index in [0.717, 1.165) is 25.7 Å². The predicted molar refractivity (Wildman–Crippen MR) is 73.2 cm³/mol. The lowest BCUT2D eigenvalue weighted by molar-refractivity contribution is 0.272. The molecule has 0 radical (unpaired) electrons. The lowest BCUT2D eigenvalue weighted by Gasteiger charge is -2.30. The van der Waals surface area contributed by atoms with Gasteiger partial charge in [-0.1, -0.05) is 19.3 Å². The van der Waals surface area contributed by atoms with Crippen LogP contribution in [0.3, 0.4) is 0 Å². The Morgan fingerprint density at radius 1 is 1.37 bits per heavy atom. The number of hydrogen-bond donors (Lipinski definition) is 1. The molecule has 1 aromatic heterocycles. The summed E-state index contributed by atoms with van der Waals surface area (Å²) < 4.78 is 28.2. The van der Waals surface area contributed by atoms with E-state index in [1.54, 1.807) is 30.9 Å². The topological polar surface area (TPSA) is 62.5 Å². The van der Waals surface area contributed by atoms with Crippen LogP contribution >= 0.6 is 0 Å². The smallest absolute Gasteiger partial charge is 0.244 e. The number of hydrogen-bond acceptors (Lipinski definition) is 3. The summed E-state index contributed by atoms with van der Waals surface area (Å²) in [6, 6.07) is 1.66. The van der Waals surface area contributed by atoms with Gasteiger partial charge in [-0.15, -0.1) is 0 Å². The van der Waals surface area contributed by atoms with E-state index < -0.39 is 10.0 Å². The van der Waals surface area contributed by atoms with Gasteiger partial charge in [0, 0.05) is 32.0 Å². The lowest BCUT2D eigenvalue weighted by atomic mass is 9.96. The Bertz CT molecular complexity index is 530. The molecule has 108 valence electrons. The summed E-state index contributed by atoms with van der Waals surface area (Å²) in [5, 5.41) is 9.16. The standard InChI is InChI=1S/C13H22N2O3S/c1-14-9-13(8-12(14)10-16)19(17,18)15(2)11-6-4-3-5-7-11/h8-9,11,16H,3-7,10H2,1-2H3. The first kappa shape index (κ1) is 14.6. The number of sulfonamides is 1. The molecule has 1 N–H and O–H groups in total. The Morgan fingerprint density at radius 3 is 2.53 bits per heavy atom. The Balaban J connectivity index is 2.24. The van der Waals surface area contributed by atoms with E-state index >= 15 is 0 Å². The van der Waals surface area contributed by atoms with Crippen molar-refractivity contribution in [3.05, 3.63) is 18.0 Å². The van der Waals surface area contributed by atoms with Gasteiger partial charge in [0.05, 0.1) is 6.61 Å².